The highest BCUT2D eigenvalue weighted by Gasteiger charge is 2.15. The van der Waals surface area contributed by atoms with Crippen molar-refractivity contribution in [2.75, 3.05) is 11.4 Å². The number of benzene rings is 1. The van der Waals surface area contributed by atoms with Crippen molar-refractivity contribution < 1.29 is 0 Å². The van der Waals surface area contributed by atoms with Gasteiger partial charge in [-0.1, -0.05) is 31.2 Å². The molecule has 0 saturated heterocycles. The van der Waals surface area contributed by atoms with Crippen LogP contribution in [0.3, 0.4) is 0 Å². The highest BCUT2D eigenvalue weighted by molar-refractivity contribution is 5.56. The van der Waals surface area contributed by atoms with Gasteiger partial charge in [-0.3, -0.25) is 0 Å². The smallest absolute Gasteiger partial charge is 0.0419 e. The maximum absolute atomic E-state index is 6.18. The van der Waals surface area contributed by atoms with E-state index in [1.54, 1.807) is 0 Å². The van der Waals surface area contributed by atoms with Crippen molar-refractivity contribution >= 4 is 5.69 Å². The Morgan fingerprint density at radius 1 is 1.35 bits per heavy atom. The van der Waals surface area contributed by atoms with Crippen LogP contribution in [0.2, 0.25) is 0 Å². The topological polar surface area (TPSA) is 29.3 Å². The Morgan fingerprint density at radius 2 is 2.00 bits per heavy atom. The molecular formula is C15H24N2. The molecule has 2 N–H and O–H groups in total. The first-order valence-corrected chi connectivity index (χ1v) is 6.33. The molecular weight excluding hydrogens is 208 g/mol. The van der Waals surface area contributed by atoms with Gasteiger partial charge >= 0.3 is 0 Å². The third-order valence-electron chi connectivity index (χ3n) is 3.03. The van der Waals surface area contributed by atoms with Crippen molar-refractivity contribution in [1.82, 2.24) is 0 Å². The standard InChI is InChI=1S/C15H24N2/c1-5-11-17(12(3)4)15-10-8-7-9-13(15)14(16)6-2/h5,7-10,12,14H,1,6,11,16H2,2-4H3. The summed E-state index contributed by atoms with van der Waals surface area (Å²) in [4.78, 5) is 2.33. The number of rotatable bonds is 6. The van der Waals surface area contributed by atoms with Crippen molar-refractivity contribution in [3.8, 4) is 0 Å². The van der Waals surface area contributed by atoms with Crippen LogP contribution < -0.4 is 10.6 Å². The number of anilines is 1. The van der Waals surface area contributed by atoms with Crippen LogP contribution in [-0.4, -0.2) is 12.6 Å². The summed E-state index contributed by atoms with van der Waals surface area (Å²) in [6.45, 7) is 11.2. The fraction of sp³-hybridized carbons (Fsp3) is 0.467. The summed E-state index contributed by atoms with van der Waals surface area (Å²) in [5.74, 6) is 0. The third kappa shape index (κ3) is 3.34. The second-order valence-electron chi connectivity index (χ2n) is 4.61. The molecule has 1 atom stereocenters. The largest absolute Gasteiger partial charge is 0.365 e. The second-order valence-corrected chi connectivity index (χ2v) is 4.61. The number of hydrogen-bond donors (Lipinski definition) is 1. The summed E-state index contributed by atoms with van der Waals surface area (Å²) in [5.41, 5.74) is 8.64. The SMILES string of the molecule is C=CCN(c1ccccc1C(N)CC)C(C)C. The quantitative estimate of drug-likeness (QED) is 0.761. The molecule has 17 heavy (non-hydrogen) atoms. The van der Waals surface area contributed by atoms with Crippen LogP contribution >= 0.6 is 0 Å². The maximum atomic E-state index is 6.18. The lowest BCUT2D eigenvalue weighted by atomic mass is 10.0. The Hall–Kier alpha value is -1.28. The molecule has 0 heterocycles. The van der Waals surface area contributed by atoms with E-state index in [2.05, 4.69) is 56.5 Å². The Bertz CT molecular complexity index is 358. The number of nitrogens with two attached hydrogens (primary N) is 1. The molecule has 0 aliphatic carbocycles. The lowest BCUT2D eigenvalue weighted by molar-refractivity contribution is 0.674. The van der Waals surface area contributed by atoms with Crippen LogP contribution in [0.25, 0.3) is 0 Å². The summed E-state index contributed by atoms with van der Waals surface area (Å²) < 4.78 is 0. The van der Waals surface area contributed by atoms with E-state index in [1.807, 2.05) is 6.08 Å². The normalized spacial score (nSPS) is 12.5. The van der Waals surface area contributed by atoms with E-state index >= 15 is 0 Å². The molecule has 1 rings (SSSR count). The van der Waals surface area contributed by atoms with Crippen molar-refractivity contribution in [2.45, 2.75) is 39.3 Å². The number of para-hydroxylation sites is 1. The molecule has 1 aromatic carbocycles. The molecule has 1 aromatic rings. The summed E-state index contributed by atoms with van der Waals surface area (Å²) in [6.07, 6.45) is 2.89. The first kappa shape index (κ1) is 13.8. The van der Waals surface area contributed by atoms with Gasteiger partial charge in [0.05, 0.1) is 0 Å². The van der Waals surface area contributed by atoms with Gasteiger partial charge in [-0.05, 0) is 31.9 Å². The van der Waals surface area contributed by atoms with Gasteiger partial charge in [0.25, 0.3) is 0 Å². The highest BCUT2D eigenvalue weighted by Crippen LogP contribution is 2.28. The van der Waals surface area contributed by atoms with Crippen LogP contribution in [0.4, 0.5) is 5.69 Å². The van der Waals surface area contributed by atoms with Gasteiger partial charge in [-0.15, -0.1) is 6.58 Å². The summed E-state index contributed by atoms with van der Waals surface area (Å²) in [7, 11) is 0. The van der Waals surface area contributed by atoms with Gasteiger partial charge in [-0.25, -0.2) is 0 Å². The van der Waals surface area contributed by atoms with Crippen molar-refractivity contribution in [2.24, 2.45) is 5.73 Å². The minimum Gasteiger partial charge on any atom is -0.365 e. The maximum Gasteiger partial charge on any atom is 0.0419 e. The van der Waals surface area contributed by atoms with Crippen LogP contribution in [0, 0.1) is 0 Å². The fourth-order valence-electron chi connectivity index (χ4n) is 2.01. The molecule has 2 nitrogen and oxygen atoms in total. The number of hydrogen-bond acceptors (Lipinski definition) is 2. The molecule has 0 fully saturated rings. The van der Waals surface area contributed by atoms with Crippen LogP contribution in [0.5, 0.6) is 0 Å². The average molecular weight is 232 g/mol. The van der Waals surface area contributed by atoms with Gasteiger partial charge in [-0.2, -0.15) is 0 Å². The summed E-state index contributed by atoms with van der Waals surface area (Å²) in [6, 6.07) is 8.95. The fourth-order valence-corrected chi connectivity index (χ4v) is 2.01. The van der Waals surface area contributed by atoms with Gasteiger partial charge < -0.3 is 10.6 Å². The van der Waals surface area contributed by atoms with E-state index in [9.17, 15) is 0 Å². The minimum atomic E-state index is 0.109. The Balaban J connectivity index is 3.13. The van der Waals surface area contributed by atoms with Crippen molar-refractivity contribution in [3.05, 3.63) is 42.5 Å². The lowest BCUT2D eigenvalue weighted by Gasteiger charge is -2.31. The molecule has 0 radical (unpaired) electrons. The van der Waals surface area contributed by atoms with Crippen molar-refractivity contribution in [3.63, 3.8) is 0 Å². The molecule has 0 aliphatic heterocycles. The molecule has 0 aliphatic rings. The zero-order valence-corrected chi connectivity index (χ0v) is 11.2. The molecule has 0 saturated carbocycles. The monoisotopic (exact) mass is 232 g/mol. The lowest BCUT2D eigenvalue weighted by Crippen LogP contribution is -2.32. The van der Waals surface area contributed by atoms with E-state index in [4.69, 9.17) is 5.73 Å². The summed E-state index contributed by atoms with van der Waals surface area (Å²) >= 11 is 0. The first-order valence-electron chi connectivity index (χ1n) is 6.33. The minimum absolute atomic E-state index is 0.109. The van der Waals surface area contributed by atoms with Gasteiger partial charge in [0.2, 0.25) is 0 Å². The second kappa shape index (κ2) is 6.45. The first-order chi connectivity index (χ1) is 8.11. The van der Waals surface area contributed by atoms with Crippen LogP contribution in [0.1, 0.15) is 38.8 Å². The van der Waals surface area contributed by atoms with E-state index in [1.165, 1.54) is 11.3 Å². The van der Waals surface area contributed by atoms with Crippen LogP contribution in [0.15, 0.2) is 36.9 Å². The molecule has 94 valence electrons. The third-order valence-corrected chi connectivity index (χ3v) is 3.03. The average Bonchev–Trinajstić information content (AvgIpc) is 2.34. The van der Waals surface area contributed by atoms with E-state index < -0.39 is 0 Å². The zero-order chi connectivity index (χ0) is 12.8. The van der Waals surface area contributed by atoms with Gasteiger partial charge in [0, 0.05) is 24.3 Å². The molecule has 0 bridgehead atoms. The molecule has 0 aromatic heterocycles. The molecule has 0 amide bonds. The Morgan fingerprint density at radius 3 is 2.53 bits per heavy atom. The van der Waals surface area contributed by atoms with Gasteiger partial charge in [0.15, 0.2) is 0 Å². The highest BCUT2D eigenvalue weighted by atomic mass is 15.1. The predicted molar refractivity (Wildman–Crippen MR) is 76.3 cm³/mol. The molecule has 1 unspecified atom stereocenters. The van der Waals surface area contributed by atoms with Gasteiger partial charge in [0.1, 0.15) is 0 Å². The number of nitrogens with zero attached hydrogens (tertiary/aromatic N) is 1. The van der Waals surface area contributed by atoms with E-state index in [0.29, 0.717) is 6.04 Å². The van der Waals surface area contributed by atoms with Crippen LogP contribution in [-0.2, 0) is 0 Å². The van der Waals surface area contributed by atoms with E-state index in [0.717, 1.165) is 13.0 Å². The predicted octanol–water partition coefficient (Wildman–Crippen LogP) is 3.50. The zero-order valence-electron chi connectivity index (χ0n) is 11.2. The molecule has 2 heteroatoms. The van der Waals surface area contributed by atoms with Crippen molar-refractivity contribution in [1.29, 1.82) is 0 Å². The Labute approximate surface area is 105 Å². The Kier molecular flexibility index (Phi) is 5.23. The van der Waals surface area contributed by atoms with E-state index in [-0.39, 0.29) is 6.04 Å². The molecule has 0 spiro atoms. The summed E-state index contributed by atoms with van der Waals surface area (Å²) in [5, 5.41) is 0.